The van der Waals surface area contributed by atoms with Crippen LogP contribution in [-0.2, 0) is 0 Å². The molecule has 0 unspecified atom stereocenters. The van der Waals surface area contributed by atoms with E-state index in [9.17, 15) is 9.90 Å². The van der Waals surface area contributed by atoms with Crippen LogP contribution >= 0.6 is 0 Å². The molecule has 2 aromatic rings. The molecule has 1 amide bonds. The number of anilines is 1. The number of piperazine rings is 1. The minimum absolute atomic E-state index is 0.141. The highest BCUT2D eigenvalue weighted by Gasteiger charge is 2.21. The zero-order valence-corrected chi connectivity index (χ0v) is 18.2. The van der Waals surface area contributed by atoms with E-state index in [2.05, 4.69) is 31.5 Å². The SMILES string of the molecule is CCNC(=NCCNC(=O)c1ccc(O)cc1)N1CCN(c2ccccc2OC)CC1. The van der Waals surface area contributed by atoms with E-state index in [0.717, 1.165) is 50.1 Å². The number of hydrogen-bond donors (Lipinski definition) is 3. The molecule has 0 atom stereocenters. The zero-order chi connectivity index (χ0) is 22.1. The van der Waals surface area contributed by atoms with Gasteiger partial charge in [0.15, 0.2) is 5.96 Å². The van der Waals surface area contributed by atoms with Crippen molar-refractivity contribution in [3.05, 3.63) is 54.1 Å². The molecular weight excluding hydrogens is 394 g/mol. The van der Waals surface area contributed by atoms with Crippen LogP contribution in [0.3, 0.4) is 0 Å². The highest BCUT2D eigenvalue weighted by atomic mass is 16.5. The van der Waals surface area contributed by atoms with E-state index in [1.54, 1.807) is 19.2 Å². The minimum atomic E-state index is -0.175. The van der Waals surface area contributed by atoms with E-state index in [-0.39, 0.29) is 11.7 Å². The second-order valence-electron chi connectivity index (χ2n) is 7.18. The van der Waals surface area contributed by atoms with E-state index in [1.165, 1.54) is 12.1 Å². The summed E-state index contributed by atoms with van der Waals surface area (Å²) in [6, 6.07) is 14.3. The van der Waals surface area contributed by atoms with Crippen LogP contribution in [0.25, 0.3) is 0 Å². The van der Waals surface area contributed by atoms with Gasteiger partial charge in [0.1, 0.15) is 11.5 Å². The Hall–Kier alpha value is -3.42. The molecule has 1 heterocycles. The highest BCUT2D eigenvalue weighted by molar-refractivity contribution is 5.94. The fourth-order valence-electron chi connectivity index (χ4n) is 3.52. The summed E-state index contributed by atoms with van der Waals surface area (Å²) in [6.07, 6.45) is 0. The van der Waals surface area contributed by atoms with Gasteiger partial charge in [-0.25, -0.2) is 0 Å². The molecule has 8 heteroatoms. The largest absolute Gasteiger partial charge is 0.508 e. The number of phenolic OH excluding ortho intramolecular Hbond substituents is 1. The molecule has 0 bridgehead atoms. The lowest BCUT2D eigenvalue weighted by atomic mass is 10.2. The molecule has 3 N–H and O–H groups in total. The maximum atomic E-state index is 12.2. The average molecular weight is 426 g/mol. The summed E-state index contributed by atoms with van der Waals surface area (Å²) < 4.78 is 5.50. The van der Waals surface area contributed by atoms with E-state index in [1.807, 2.05) is 25.1 Å². The molecule has 3 rings (SSSR count). The van der Waals surface area contributed by atoms with Gasteiger partial charge in [-0.2, -0.15) is 0 Å². The number of benzene rings is 2. The summed E-state index contributed by atoms with van der Waals surface area (Å²) in [5, 5.41) is 15.5. The summed E-state index contributed by atoms with van der Waals surface area (Å²) in [5.74, 6) is 1.72. The molecule has 0 saturated carbocycles. The predicted octanol–water partition coefficient (Wildman–Crippen LogP) is 1.92. The van der Waals surface area contributed by atoms with Crippen molar-refractivity contribution in [3.63, 3.8) is 0 Å². The van der Waals surface area contributed by atoms with E-state index >= 15 is 0 Å². The maximum absolute atomic E-state index is 12.2. The second-order valence-corrected chi connectivity index (χ2v) is 7.18. The number of carbonyl (C=O) groups is 1. The Labute approximate surface area is 183 Å². The summed E-state index contributed by atoms with van der Waals surface area (Å²) in [7, 11) is 1.70. The molecule has 0 aliphatic carbocycles. The Kier molecular flexibility index (Phi) is 7.98. The van der Waals surface area contributed by atoms with Gasteiger partial charge in [0.25, 0.3) is 5.91 Å². The first kappa shape index (κ1) is 22.3. The van der Waals surface area contributed by atoms with Crippen LogP contribution in [0.5, 0.6) is 11.5 Å². The van der Waals surface area contributed by atoms with Gasteiger partial charge in [0.05, 0.1) is 19.3 Å². The average Bonchev–Trinajstić information content (AvgIpc) is 2.81. The standard InChI is InChI=1S/C23H31N5O3/c1-3-24-23(26-13-12-25-22(30)18-8-10-19(29)11-9-18)28-16-14-27(15-17-28)20-6-4-5-7-21(20)31-2/h4-11,29H,3,12-17H2,1-2H3,(H,24,26)(H,25,30). The van der Waals surface area contributed by atoms with Crippen molar-refractivity contribution < 1.29 is 14.6 Å². The van der Waals surface area contributed by atoms with Crippen LogP contribution in [-0.4, -0.2) is 74.8 Å². The van der Waals surface area contributed by atoms with Crippen molar-refractivity contribution in [1.82, 2.24) is 15.5 Å². The first-order valence-electron chi connectivity index (χ1n) is 10.6. The van der Waals surface area contributed by atoms with Gasteiger partial charge in [-0.05, 0) is 43.3 Å². The lowest BCUT2D eigenvalue weighted by Crippen LogP contribution is -2.52. The van der Waals surface area contributed by atoms with Crippen LogP contribution in [0.15, 0.2) is 53.5 Å². The number of rotatable bonds is 7. The van der Waals surface area contributed by atoms with Gasteiger partial charge in [0.2, 0.25) is 0 Å². The number of aliphatic imine (C=N–C) groups is 1. The number of amides is 1. The molecule has 0 spiro atoms. The normalized spacial score (nSPS) is 14.3. The Morgan fingerprint density at radius 1 is 1.06 bits per heavy atom. The maximum Gasteiger partial charge on any atom is 0.251 e. The summed E-state index contributed by atoms with van der Waals surface area (Å²) in [6.45, 7) is 7.21. The number of nitrogens with zero attached hydrogens (tertiary/aromatic N) is 3. The summed E-state index contributed by atoms with van der Waals surface area (Å²) in [4.78, 5) is 21.4. The van der Waals surface area contributed by atoms with Crippen molar-refractivity contribution in [2.24, 2.45) is 4.99 Å². The number of ether oxygens (including phenoxy) is 1. The Balaban J connectivity index is 1.51. The number of para-hydroxylation sites is 2. The van der Waals surface area contributed by atoms with Crippen LogP contribution in [0.4, 0.5) is 5.69 Å². The smallest absolute Gasteiger partial charge is 0.251 e. The number of hydrogen-bond acceptors (Lipinski definition) is 5. The molecule has 1 aliphatic heterocycles. The minimum Gasteiger partial charge on any atom is -0.508 e. The first-order valence-corrected chi connectivity index (χ1v) is 10.6. The number of phenols is 1. The third-order valence-electron chi connectivity index (χ3n) is 5.13. The van der Waals surface area contributed by atoms with Gasteiger partial charge >= 0.3 is 0 Å². The predicted molar refractivity (Wildman–Crippen MR) is 123 cm³/mol. The van der Waals surface area contributed by atoms with Crippen LogP contribution in [0, 0.1) is 0 Å². The molecule has 8 nitrogen and oxygen atoms in total. The third kappa shape index (κ3) is 6.04. The van der Waals surface area contributed by atoms with Gasteiger partial charge in [-0.3, -0.25) is 9.79 Å². The molecule has 31 heavy (non-hydrogen) atoms. The lowest BCUT2D eigenvalue weighted by molar-refractivity contribution is 0.0954. The van der Waals surface area contributed by atoms with Gasteiger partial charge in [0, 0.05) is 44.8 Å². The first-order chi connectivity index (χ1) is 15.1. The molecule has 0 aromatic heterocycles. The number of aromatic hydroxyl groups is 1. The molecule has 1 fully saturated rings. The van der Waals surface area contributed by atoms with Crippen LogP contribution in [0.1, 0.15) is 17.3 Å². The number of methoxy groups -OCH3 is 1. The van der Waals surface area contributed by atoms with Gasteiger partial charge in [-0.1, -0.05) is 12.1 Å². The van der Waals surface area contributed by atoms with Crippen molar-refractivity contribution in [2.45, 2.75) is 6.92 Å². The fourth-order valence-corrected chi connectivity index (χ4v) is 3.52. The fraction of sp³-hybridized carbons (Fsp3) is 0.391. The Morgan fingerprint density at radius 3 is 2.45 bits per heavy atom. The monoisotopic (exact) mass is 425 g/mol. The van der Waals surface area contributed by atoms with Gasteiger partial charge in [-0.15, -0.1) is 0 Å². The summed E-state index contributed by atoms with van der Waals surface area (Å²) >= 11 is 0. The molecule has 1 aliphatic rings. The zero-order valence-electron chi connectivity index (χ0n) is 18.2. The van der Waals surface area contributed by atoms with Crippen molar-refractivity contribution in [2.75, 3.05) is 57.8 Å². The van der Waals surface area contributed by atoms with E-state index in [0.29, 0.717) is 18.7 Å². The Bertz CT molecular complexity index is 877. The van der Waals surface area contributed by atoms with Crippen molar-refractivity contribution >= 4 is 17.6 Å². The second kappa shape index (κ2) is 11.1. The molecule has 2 aromatic carbocycles. The molecule has 1 saturated heterocycles. The quantitative estimate of drug-likeness (QED) is 0.357. The van der Waals surface area contributed by atoms with Crippen LogP contribution < -0.4 is 20.3 Å². The highest BCUT2D eigenvalue weighted by Crippen LogP contribution is 2.28. The van der Waals surface area contributed by atoms with Crippen molar-refractivity contribution in [3.8, 4) is 11.5 Å². The lowest BCUT2D eigenvalue weighted by Gasteiger charge is -2.38. The number of guanidine groups is 1. The number of nitrogens with one attached hydrogen (secondary N) is 2. The molecule has 0 radical (unpaired) electrons. The third-order valence-corrected chi connectivity index (χ3v) is 5.13. The topological polar surface area (TPSA) is 89.4 Å². The summed E-state index contributed by atoms with van der Waals surface area (Å²) in [5.41, 5.74) is 1.63. The van der Waals surface area contributed by atoms with E-state index < -0.39 is 0 Å². The number of carbonyl (C=O) groups excluding carboxylic acids is 1. The van der Waals surface area contributed by atoms with Gasteiger partial charge < -0.3 is 30.3 Å². The molecular formula is C23H31N5O3. The molecule has 166 valence electrons. The Morgan fingerprint density at radius 2 is 1.77 bits per heavy atom. The van der Waals surface area contributed by atoms with E-state index in [4.69, 9.17) is 4.74 Å². The van der Waals surface area contributed by atoms with Crippen molar-refractivity contribution in [1.29, 1.82) is 0 Å². The van der Waals surface area contributed by atoms with Crippen LogP contribution in [0.2, 0.25) is 0 Å².